The molecule has 6 unspecified atom stereocenters. The fourth-order valence-electron chi connectivity index (χ4n) is 8.50. The number of allylic oxidation sites excluding steroid dienone is 4. The van der Waals surface area contributed by atoms with Gasteiger partial charge in [-0.1, -0.05) is 224 Å². The van der Waals surface area contributed by atoms with Crippen molar-refractivity contribution in [2.24, 2.45) is 0 Å². The minimum absolute atomic E-state index is 0.188. The average Bonchev–Trinajstić information content (AvgIpc) is 3.30. The zero-order valence-electron chi connectivity index (χ0n) is 42.2. The number of carboxylic acid groups (broad SMARTS) is 1. The van der Waals surface area contributed by atoms with Gasteiger partial charge in [0.15, 0.2) is 18.5 Å². The van der Waals surface area contributed by atoms with E-state index in [0.29, 0.717) is 12.8 Å². The highest BCUT2D eigenvalue weighted by Gasteiger charge is 2.47. The highest BCUT2D eigenvalue weighted by atomic mass is 16.7. The first-order chi connectivity index (χ1) is 32.2. The Balaban J connectivity index is 2.25. The van der Waals surface area contributed by atoms with Crippen molar-refractivity contribution in [3.8, 4) is 0 Å². The van der Waals surface area contributed by atoms with Crippen LogP contribution in [0, 0.1) is 0 Å². The van der Waals surface area contributed by atoms with Gasteiger partial charge >= 0.3 is 17.9 Å². The maximum absolute atomic E-state index is 12.8. The van der Waals surface area contributed by atoms with Crippen molar-refractivity contribution in [3.05, 3.63) is 24.3 Å². The summed E-state index contributed by atoms with van der Waals surface area (Å²) in [6, 6.07) is 0. The summed E-state index contributed by atoms with van der Waals surface area (Å²) in [6.45, 7) is 3.85. The maximum Gasteiger partial charge on any atom is 0.335 e. The number of carbonyl (C=O) groups is 3. The zero-order valence-corrected chi connectivity index (χ0v) is 42.2. The number of aliphatic hydroxyl groups excluding tert-OH is 3. The second kappa shape index (κ2) is 45.2. The molecule has 1 fully saturated rings. The number of hydrogen-bond acceptors (Lipinski definition) is 10. The smallest absolute Gasteiger partial charge is 0.335 e. The molecule has 0 aromatic heterocycles. The standard InChI is InChI=1S/C55H100O11/c1-3-5-7-9-11-13-15-17-19-21-22-23-24-25-26-28-29-31-33-35-37-39-41-43-48(56)63-45-47(46-64-55-52(60)50(58)51(59)53(66-55)54(61)62)65-49(57)44-42-40-38-36-34-32-30-27-20-18-16-14-12-10-8-6-4-2/h15,17,21-22,47,50-53,55,58-60H,3-14,16,18-20,23-46H2,1-2H3,(H,61,62)/b17-15-,22-21-. The number of aliphatic carboxylic acids is 1. The van der Waals surface area contributed by atoms with Crippen molar-refractivity contribution in [3.63, 3.8) is 0 Å². The van der Waals surface area contributed by atoms with Crippen LogP contribution in [0.2, 0.25) is 0 Å². The van der Waals surface area contributed by atoms with E-state index in [0.717, 1.165) is 44.9 Å². The van der Waals surface area contributed by atoms with Gasteiger partial charge < -0.3 is 39.4 Å². The molecule has 11 heteroatoms. The van der Waals surface area contributed by atoms with Crippen LogP contribution in [0.4, 0.5) is 0 Å². The lowest BCUT2D eigenvalue weighted by molar-refractivity contribution is -0.298. The second-order valence-corrected chi connectivity index (χ2v) is 19.1. The van der Waals surface area contributed by atoms with Crippen LogP contribution in [0.25, 0.3) is 0 Å². The molecule has 0 radical (unpaired) electrons. The molecular formula is C55H100O11. The van der Waals surface area contributed by atoms with Gasteiger partial charge in [-0.15, -0.1) is 0 Å². The molecule has 0 aromatic carbocycles. The predicted octanol–water partition coefficient (Wildman–Crippen LogP) is 13.3. The number of carbonyl (C=O) groups excluding carboxylic acids is 2. The molecule has 66 heavy (non-hydrogen) atoms. The molecule has 1 saturated heterocycles. The summed E-state index contributed by atoms with van der Waals surface area (Å²) in [5, 5.41) is 40.0. The molecule has 0 spiro atoms. The van der Waals surface area contributed by atoms with E-state index in [1.807, 2.05) is 0 Å². The van der Waals surface area contributed by atoms with Crippen LogP contribution in [0.5, 0.6) is 0 Å². The number of ether oxygens (including phenoxy) is 4. The molecule has 0 saturated carbocycles. The first kappa shape index (κ1) is 61.7. The quantitative estimate of drug-likeness (QED) is 0.0260. The van der Waals surface area contributed by atoms with Gasteiger partial charge in [0, 0.05) is 12.8 Å². The number of unbranched alkanes of at least 4 members (excludes halogenated alkanes) is 32. The van der Waals surface area contributed by atoms with E-state index < -0.39 is 54.7 Å². The van der Waals surface area contributed by atoms with E-state index in [-0.39, 0.29) is 26.1 Å². The average molecular weight is 937 g/mol. The number of hydrogen-bond donors (Lipinski definition) is 4. The molecule has 0 bridgehead atoms. The van der Waals surface area contributed by atoms with Gasteiger partial charge in [0.2, 0.25) is 0 Å². The third-order valence-electron chi connectivity index (χ3n) is 12.8. The molecule has 1 rings (SSSR count). The van der Waals surface area contributed by atoms with E-state index >= 15 is 0 Å². The lowest BCUT2D eigenvalue weighted by Gasteiger charge is -2.38. The molecule has 1 aliphatic heterocycles. The van der Waals surface area contributed by atoms with Crippen molar-refractivity contribution in [2.75, 3.05) is 13.2 Å². The Hall–Kier alpha value is -2.31. The van der Waals surface area contributed by atoms with E-state index in [4.69, 9.17) is 18.9 Å². The number of rotatable bonds is 47. The normalized spacial score (nSPS) is 19.2. The molecule has 0 amide bonds. The summed E-state index contributed by atoms with van der Waals surface area (Å²) >= 11 is 0. The summed E-state index contributed by atoms with van der Waals surface area (Å²) < 4.78 is 21.9. The minimum atomic E-state index is -1.86. The van der Waals surface area contributed by atoms with Crippen molar-refractivity contribution < 1.29 is 53.8 Å². The Morgan fingerprint density at radius 1 is 0.470 bits per heavy atom. The van der Waals surface area contributed by atoms with Crippen LogP contribution >= 0.6 is 0 Å². The van der Waals surface area contributed by atoms with Gasteiger partial charge in [0.05, 0.1) is 6.61 Å². The van der Waals surface area contributed by atoms with Gasteiger partial charge in [0.1, 0.15) is 24.9 Å². The monoisotopic (exact) mass is 937 g/mol. The fraction of sp³-hybridized carbons (Fsp3) is 0.873. The third kappa shape index (κ3) is 35.8. The topological polar surface area (TPSA) is 169 Å². The van der Waals surface area contributed by atoms with Crippen molar-refractivity contribution in [2.45, 2.75) is 295 Å². The molecule has 11 nitrogen and oxygen atoms in total. The summed E-state index contributed by atoms with van der Waals surface area (Å²) in [7, 11) is 0. The Labute approximate surface area is 402 Å². The molecule has 386 valence electrons. The molecule has 0 aliphatic carbocycles. The van der Waals surface area contributed by atoms with Crippen LogP contribution < -0.4 is 0 Å². The highest BCUT2D eigenvalue weighted by molar-refractivity contribution is 5.73. The van der Waals surface area contributed by atoms with Crippen LogP contribution in [-0.2, 0) is 33.3 Å². The van der Waals surface area contributed by atoms with Crippen LogP contribution in [-0.4, -0.2) is 88.4 Å². The van der Waals surface area contributed by atoms with Crippen LogP contribution in [0.1, 0.15) is 258 Å². The molecule has 1 aliphatic rings. The zero-order chi connectivity index (χ0) is 48.1. The fourth-order valence-corrected chi connectivity index (χ4v) is 8.50. The van der Waals surface area contributed by atoms with Gasteiger partial charge in [-0.25, -0.2) is 4.79 Å². The molecule has 4 N–H and O–H groups in total. The molecule has 6 atom stereocenters. The van der Waals surface area contributed by atoms with E-state index in [1.54, 1.807) is 0 Å². The molecule has 0 aromatic rings. The second-order valence-electron chi connectivity index (χ2n) is 19.1. The van der Waals surface area contributed by atoms with Gasteiger partial charge in [-0.05, 0) is 44.9 Å². The Morgan fingerprint density at radius 2 is 0.848 bits per heavy atom. The number of aliphatic hydroxyl groups is 3. The lowest BCUT2D eigenvalue weighted by Crippen LogP contribution is -2.60. The third-order valence-corrected chi connectivity index (χ3v) is 12.8. The van der Waals surface area contributed by atoms with Crippen molar-refractivity contribution in [1.82, 2.24) is 0 Å². The van der Waals surface area contributed by atoms with Crippen molar-refractivity contribution in [1.29, 1.82) is 0 Å². The van der Waals surface area contributed by atoms with E-state index in [1.165, 1.54) is 173 Å². The lowest BCUT2D eigenvalue weighted by atomic mass is 9.99. The van der Waals surface area contributed by atoms with Gasteiger partial charge in [0.25, 0.3) is 0 Å². The van der Waals surface area contributed by atoms with Crippen molar-refractivity contribution >= 4 is 17.9 Å². The summed E-state index contributed by atoms with van der Waals surface area (Å²) in [5.41, 5.74) is 0. The summed E-state index contributed by atoms with van der Waals surface area (Å²) in [5.74, 6) is -2.43. The van der Waals surface area contributed by atoms with Crippen LogP contribution in [0.3, 0.4) is 0 Å². The summed E-state index contributed by atoms with van der Waals surface area (Å²) in [6.07, 6.45) is 43.7. The SMILES string of the molecule is CCCCCCC/C=C\C/C=C\CCCCCCCCCCCCCC(=O)OCC(COC1OC(C(=O)O)C(O)C(O)C1O)OC(=O)CCCCCCCCCCCCCCCCCCC. The largest absolute Gasteiger partial charge is 0.479 e. The predicted molar refractivity (Wildman–Crippen MR) is 266 cm³/mol. The number of esters is 2. The van der Waals surface area contributed by atoms with E-state index in [9.17, 15) is 34.8 Å². The Morgan fingerprint density at radius 3 is 1.26 bits per heavy atom. The maximum atomic E-state index is 12.8. The molecule has 1 heterocycles. The number of carboxylic acids is 1. The van der Waals surface area contributed by atoms with Gasteiger partial charge in [-0.2, -0.15) is 0 Å². The highest BCUT2D eigenvalue weighted by Crippen LogP contribution is 2.23. The van der Waals surface area contributed by atoms with E-state index in [2.05, 4.69) is 38.2 Å². The summed E-state index contributed by atoms with van der Waals surface area (Å²) in [4.78, 5) is 37.0. The Bertz CT molecular complexity index is 1190. The first-order valence-electron chi connectivity index (χ1n) is 27.4. The van der Waals surface area contributed by atoms with Gasteiger partial charge in [-0.3, -0.25) is 9.59 Å². The van der Waals surface area contributed by atoms with Crippen LogP contribution in [0.15, 0.2) is 24.3 Å². The molecular weight excluding hydrogens is 837 g/mol. The first-order valence-corrected chi connectivity index (χ1v) is 27.4. The minimum Gasteiger partial charge on any atom is -0.479 e. The Kier molecular flexibility index (Phi) is 42.2.